The van der Waals surface area contributed by atoms with Gasteiger partial charge in [0.1, 0.15) is 17.7 Å². The van der Waals surface area contributed by atoms with E-state index in [-0.39, 0.29) is 29.9 Å². The van der Waals surface area contributed by atoms with Crippen LogP contribution in [0.5, 0.6) is 23.1 Å². The molecule has 5 N–H and O–H groups in total. The number of carboxylic acid groups (broad SMARTS) is 1. The van der Waals surface area contributed by atoms with Gasteiger partial charge < -0.3 is 35.4 Å². The van der Waals surface area contributed by atoms with E-state index < -0.39 is 52.6 Å². The Labute approximate surface area is 223 Å². The monoisotopic (exact) mass is 563 g/mol. The number of aromatic nitrogens is 1. The van der Waals surface area contributed by atoms with Gasteiger partial charge in [0.2, 0.25) is 12.7 Å². The molecule has 12 nitrogen and oxygen atoms in total. The number of pyridine rings is 1. The predicted molar refractivity (Wildman–Crippen MR) is 133 cm³/mol. The Hall–Kier alpha value is -4.42. The molecule has 0 saturated heterocycles. The van der Waals surface area contributed by atoms with Gasteiger partial charge in [0.25, 0.3) is 17.4 Å². The van der Waals surface area contributed by atoms with E-state index in [0.717, 1.165) is 0 Å². The van der Waals surface area contributed by atoms with Gasteiger partial charge in [-0.2, -0.15) is 0 Å². The molecule has 198 valence electrons. The third kappa shape index (κ3) is 5.31. The van der Waals surface area contributed by atoms with Crippen molar-refractivity contribution in [1.82, 2.24) is 15.2 Å². The van der Waals surface area contributed by atoms with Gasteiger partial charge in [0, 0.05) is 22.7 Å². The first-order valence-corrected chi connectivity index (χ1v) is 11.6. The number of ether oxygens (including phenoxy) is 2. The van der Waals surface area contributed by atoms with Crippen molar-refractivity contribution < 1.29 is 39.2 Å². The van der Waals surface area contributed by atoms with Crippen molar-refractivity contribution in [3.63, 3.8) is 0 Å². The molecule has 0 radical (unpaired) electrons. The molecule has 4 rings (SSSR count). The quantitative estimate of drug-likeness (QED) is 0.274. The highest BCUT2D eigenvalue weighted by Crippen LogP contribution is 2.37. The zero-order valence-corrected chi connectivity index (χ0v) is 20.8. The summed E-state index contributed by atoms with van der Waals surface area (Å²) in [7, 11) is 0. The van der Waals surface area contributed by atoms with Crippen LogP contribution in [0.2, 0.25) is 10.0 Å². The van der Waals surface area contributed by atoms with Gasteiger partial charge in [-0.05, 0) is 23.3 Å². The second-order valence-electron chi connectivity index (χ2n) is 7.96. The Balaban J connectivity index is 1.74. The van der Waals surface area contributed by atoms with Crippen molar-refractivity contribution in [2.45, 2.75) is 13.1 Å². The van der Waals surface area contributed by atoms with E-state index in [1.807, 2.05) is 5.32 Å². The summed E-state index contributed by atoms with van der Waals surface area (Å²) in [4.78, 5) is 49.8. The molecule has 14 heteroatoms. The average Bonchev–Trinajstić information content (AvgIpc) is 3.32. The van der Waals surface area contributed by atoms with Crippen molar-refractivity contribution >= 4 is 41.0 Å². The van der Waals surface area contributed by atoms with Gasteiger partial charge in [-0.25, -0.2) is 0 Å². The summed E-state index contributed by atoms with van der Waals surface area (Å²) in [5, 5.41) is 35.4. The first-order chi connectivity index (χ1) is 18.1. The van der Waals surface area contributed by atoms with Crippen LogP contribution in [0.25, 0.3) is 0 Å². The zero-order valence-electron chi connectivity index (χ0n) is 19.3. The van der Waals surface area contributed by atoms with Gasteiger partial charge >= 0.3 is 5.97 Å². The summed E-state index contributed by atoms with van der Waals surface area (Å²) in [5.41, 5.74) is -2.16. The number of carboxylic acids is 1. The first kappa shape index (κ1) is 26.6. The van der Waals surface area contributed by atoms with Gasteiger partial charge in [0.05, 0.1) is 6.54 Å². The number of aliphatic carboxylic acids is 1. The third-order valence-electron chi connectivity index (χ3n) is 5.53. The van der Waals surface area contributed by atoms with E-state index in [1.54, 1.807) is 18.2 Å². The van der Waals surface area contributed by atoms with E-state index in [4.69, 9.17) is 37.8 Å². The van der Waals surface area contributed by atoms with Crippen LogP contribution in [-0.4, -0.2) is 51.0 Å². The molecule has 38 heavy (non-hydrogen) atoms. The molecule has 1 aromatic heterocycles. The third-order valence-corrected chi connectivity index (χ3v) is 6.25. The largest absolute Gasteiger partial charge is 0.506 e. The Morgan fingerprint density at radius 1 is 0.921 bits per heavy atom. The maximum absolute atomic E-state index is 13.1. The molecule has 0 unspecified atom stereocenters. The lowest BCUT2D eigenvalue weighted by Gasteiger charge is -2.17. The summed E-state index contributed by atoms with van der Waals surface area (Å²) in [6.07, 6.45) is 0. The van der Waals surface area contributed by atoms with Gasteiger partial charge in [0.15, 0.2) is 17.2 Å². The number of rotatable bonds is 8. The maximum Gasteiger partial charge on any atom is 0.322 e. The predicted octanol–water partition coefficient (Wildman–Crippen LogP) is 2.09. The van der Waals surface area contributed by atoms with Crippen LogP contribution in [-0.2, 0) is 17.9 Å². The molecule has 0 fully saturated rings. The van der Waals surface area contributed by atoms with Crippen molar-refractivity contribution in [3.8, 4) is 23.1 Å². The number of amides is 2. The van der Waals surface area contributed by atoms with Gasteiger partial charge in [-0.1, -0.05) is 41.4 Å². The Morgan fingerprint density at radius 2 is 1.58 bits per heavy atom. The highest BCUT2D eigenvalue weighted by atomic mass is 35.5. The van der Waals surface area contributed by atoms with E-state index in [1.165, 1.54) is 18.2 Å². The molecule has 3 aromatic rings. The van der Waals surface area contributed by atoms with Crippen molar-refractivity contribution in [2.24, 2.45) is 0 Å². The fraction of sp³-hybridized carbons (Fsp3) is 0.167. The summed E-state index contributed by atoms with van der Waals surface area (Å²) < 4.78 is 11.2. The normalized spacial score (nSPS) is 11.7. The number of halogens is 2. The van der Waals surface area contributed by atoms with E-state index in [9.17, 15) is 29.4 Å². The highest BCUT2D eigenvalue weighted by molar-refractivity contribution is 6.31. The number of carbonyl (C=O) groups is 3. The van der Waals surface area contributed by atoms with Crippen molar-refractivity contribution in [2.75, 3.05) is 13.3 Å². The van der Waals surface area contributed by atoms with Gasteiger partial charge in [-0.3, -0.25) is 23.7 Å². The fourth-order valence-electron chi connectivity index (χ4n) is 3.66. The van der Waals surface area contributed by atoms with Crippen molar-refractivity contribution in [1.29, 1.82) is 0 Å². The minimum Gasteiger partial charge on any atom is -0.506 e. The highest BCUT2D eigenvalue weighted by Gasteiger charge is 2.30. The lowest BCUT2D eigenvalue weighted by molar-refractivity contribution is -0.135. The minimum absolute atomic E-state index is 0.00289. The zero-order chi connectivity index (χ0) is 27.6. The van der Waals surface area contributed by atoms with Crippen molar-refractivity contribution in [3.05, 3.63) is 79.1 Å². The first-order valence-electron chi connectivity index (χ1n) is 10.9. The summed E-state index contributed by atoms with van der Waals surface area (Å²) in [6, 6.07) is 9.36. The van der Waals surface area contributed by atoms with Crippen LogP contribution < -0.4 is 25.7 Å². The van der Waals surface area contributed by atoms with E-state index in [0.29, 0.717) is 27.2 Å². The summed E-state index contributed by atoms with van der Waals surface area (Å²) >= 11 is 12.4. The molecule has 0 bridgehead atoms. The molecule has 0 aliphatic carbocycles. The lowest BCUT2D eigenvalue weighted by Crippen LogP contribution is -2.37. The van der Waals surface area contributed by atoms with Crippen LogP contribution in [0, 0.1) is 0 Å². The second kappa shape index (κ2) is 10.9. The molecule has 2 aromatic carbocycles. The van der Waals surface area contributed by atoms with Gasteiger partial charge in [-0.15, -0.1) is 0 Å². The molecule has 2 amide bonds. The summed E-state index contributed by atoms with van der Waals surface area (Å²) in [6.45, 7) is -1.44. The smallest absolute Gasteiger partial charge is 0.322 e. The Morgan fingerprint density at radius 3 is 2.26 bits per heavy atom. The average molecular weight is 564 g/mol. The molecule has 1 aliphatic heterocycles. The fourth-order valence-corrected chi connectivity index (χ4v) is 4.07. The van der Waals surface area contributed by atoms with E-state index in [2.05, 4.69) is 5.32 Å². The number of hydrogen-bond acceptors (Lipinski definition) is 8. The van der Waals surface area contributed by atoms with E-state index >= 15 is 0 Å². The number of aromatic hydroxyl groups is 2. The minimum atomic E-state index is -1.41. The maximum atomic E-state index is 13.1. The van der Waals surface area contributed by atoms with Crippen LogP contribution >= 0.6 is 23.2 Å². The molecule has 0 spiro atoms. The standard InChI is InChI=1S/C24H19Cl2N3O9/c25-13-4-2-1-3-11(13)9-29-23(35)18(20(32)19(24(29)36)22(34)28-8-17(30)31)21(33)27-7-12-5-15-16(6-14(12)26)38-10-37-15/h1-6,32,35H,7-10H2,(H,27,33)(H,28,34)(H,30,31). The van der Waals surface area contributed by atoms with Crippen LogP contribution in [0.3, 0.4) is 0 Å². The summed E-state index contributed by atoms with van der Waals surface area (Å²) in [5.74, 6) is -5.01. The number of carbonyl (C=O) groups excluding carboxylic acids is 2. The molecule has 1 aliphatic rings. The molecule has 0 atom stereocenters. The number of hydrogen-bond donors (Lipinski definition) is 5. The Kier molecular flexibility index (Phi) is 7.65. The number of nitrogens with one attached hydrogen (secondary N) is 2. The second-order valence-corrected chi connectivity index (χ2v) is 8.78. The number of fused-ring (bicyclic) bond motifs is 1. The molecule has 0 saturated carbocycles. The molecular formula is C24H19Cl2N3O9. The molecular weight excluding hydrogens is 545 g/mol. The van der Waals surface area contributed by atoms with Crippen LogP contribution in [0.1, 0.15) is 31.8 Å². The number of nitrogens with zero attached hydrogens (tertiary/aromatic N) is 1. The topological polar surface area (TPSA) is 176 Å². The molecule has 2 heterocycles. The Bertz CT molecular complexity index is 1520. The van der Waals surface area contributed by atoms with Crippen LogP contribution in [0.4, 0.5) is 0 Å². The SMILES string of the molecule is O=C(O)CNC(=O)c1c(O)c(C(=O)NCc2cc3c(cc2Cl)OCO3)c(O)n(Cc2ccccc2Cl)c1=O. The number of benzene rings is 2. The lowest BCUT2D eigenvalue weighted by atomic mass is 10.1. The van der Waals surface area contributed by atoms with Crippen LogP contribution in [0.15, 0.2) is 41.2 Å².